The van der Waals surface area contributed by atoms with Crippen molar-refractivity contribution in [2.75, 3.05) is 6.54 Å². The predicted molar refractivity (Wildman–Crippen MR) is 116 cm³/mol. The summed E-state index contributed by atoms with van der Waals surface area (Å²) < 4.78 is 29.7. The molecule has 0 radical (unpaired) electrons. The van der Waals surface area contributed by atoms with E-state index in [1.165, 1.54) is 6.92 Å². The molecule has 10 heteroatoms. The molecule has 1 aromatic rings. The highest BCUT2D eigenvalue weighted by Crippen LogP contribution is 2.50. The lowest BCUT2D eigenvalue weighted by molar-refractivity contribution is -0.203. The minimum atomic E-state index is -3.16. The van der Waals surface area contributed by atoms with Gasteiger partial charge >= 0.3 is 0 Å². The monoisotopic (exact) mass is 474 g/mol. The fourth-order valence-corrected chi connectivity index (χ4v) is 5.49. The lowest BCUT2D eigenvalue weighted by Crippen LogP contribution is -2.70. The van der Waals surface area contributed by atoms with Gasteiger partial charge < -0.3 is 20.6 Å². The number of amides is 3. The molecule has 5 rings (SSSR count). The third-order valence-corrected chi connectivity index (χ3v) is 7.35. The van der Waals surface area contributed by atoms with Gasteiger partial charge in [0.15, 0.2) is 5.60 Å². The van der Waals surface area contributed by atoms with Crippen LogP contribution >= 0.6 is 0 Å². The van der Waals surface area contributed by atoms with Crippen molar-refractivity contribution in [3.05, 3.63) is 35.9 Å². The predicted octanol–water partition coefficient (Wildman–Crippen LogP) is 1.44. The lowest BCUT2D eigenvalue weighted by atomic mass is 9.70. The van der Waals surface area contributed by atoms with Crippen LogP contribution in [0.5, 0.6) is 0 Å². The second-order valence-corrected chi connectivity index (χ2v) is 9.60. The third kappa shape index (κ3) is 4.25. The van der Waals surface area contributed by atoms with Crippen LogP contribution in [0.3, 0.4) is 0 Å². The number of nitrogens with one attached hydrogen (secondary N) is 2. The van der Waals surface area contributed by atoms with Crippen LogP contribution in [0.2, 0.25) is 0 Å². The van der Waals surface area contributed by atoms with E-state index in [-0.39, 0.29) is 24.3 Å². The Balaban J connectivity index is 1.60. The minimum absolute atomic E-state index is 0.0509. The van der Waals surface area contributed by atoms with Crippen LogP contribution in [-0.4, -0.2) is 58.3 Å². The summed E-state index contributed by atoms with van der Waals surface area (Å²) >= 11 is 0. The van der Waals surface area contributed by atoms with Gasteiger partial charge in [-0.05, 0) is 38.2 Å². The van der Waals surface area contributed by atoms with Crippen molar-refractivity contribution >= 4 is 17.7 Å². The van der Waals surface area contributed by atoms with Gasteiger partial charge in [-0.3, -0.25) is 14.4 Å². The maximum absolute atomic E-state index is 14.9. The van der Waals surface area contributed by atoms with Crippen LogP contribution in [-0.2, 0) is 20.0 Å². The molecule has 3 heterocycles. The molecule has 3 N–H and O–H groups in total. The second-order valence-electron chi connectivity index (χ2n) is 9.60. The Morgan fingerprint density at radius 2 is 2.03 bits per heavy atom. The molecule has 0 aromatic heterocycles. The maximum atomic E-state index is 14.9. The summed E-state index contributed by atoms with van der Waals surface area (Å²) in [5.74, 6) is -6.95. The molecule has 0 spiro atoms. The van der Waals surface area contributed by atoms with E-state index in [1.54, 1.807) is 30.3 Å². The molecular formula is C24H28F2N4O4. The van der Waals surface area contributed by atoms with Crippen molar-refractivity contribution in [1.29, 1.82) is 5.26 Å². The highest BCUT2D eigenvalue weighted by Gasteiger charge is 2.62. The van der Waals surface area contributed by atoms with Gasteiger partial charge in [0.1, 0.15) is 12.1 Å². The first kappa shape index (κ1) is 24.1. The van der Waals surface area contributed by atoms with Crippen molar-refractivity contribution in [2.24, 2.45) is 11.8 Å². The second kappa shape index (κ2) is 8.95. The number of carbonyl (C=O) groups excluding carboxylic acids is 3. The Kier molecular flexibility index (Phi) is 6.34. The van der Waals surface area contributed by atoms with Gasteiger partial charge in [-0.15, -0.1) is 0 Å². The van der Waals surface area contributed by atoms with Gasteiger partial charge in [-0.2, -0.15) is 5.26 Å². The molecule has 1 aliphatic carbocycles. The summed E-state index contributed by atoms with van der Waals surface area (Å²) in [5.41, 5.74) is -1.74. The van der Waals surface area contributed by atoms with Crippen molar-refractivity contribution in [1.82, 2.24) is 15.5 Å². The smallest absolute Gasteiger partial charge is 0.259 e. The summed E-state index contributed by atoms with van der Waals surface area (Å²) in [6, 6.07) is 6.55. The summed E-state index contributed by atoms with van der Waals surface area (Å²) in [6.45, 7) is 1.77. The Bertz CT molecular complexity index is 1010. The van der Waals surface area contributed by atoms with Gasteiger partial charge in [-0.25, -0.2) is 8.78 Å². The normalized spacial score (nSPS) is 30.1. The number of benzene rings is 1. The molecule has 3 aliphatic heterocycles. The molecule has 6 atom stereocenters. The molecule has 1 saturated carbocycles. The summed E-state index contributed by atoms with van der Waals surface area (Å²) in [5, 5.41) is 25.8. The minimum Gasteiger partial charge on any atom is -0.376 e. The van der Waals surface area contributed by atoms with Gasteiger partial charge in [0.05, 0.1) is 12.0 Å². The average Bonchev–Trinajstić information content (AvgIpc) is 3.21. The first-order chi connectivity index (χ1) is 16.1. The topological polar surface area (TPSA) is 123 Å². The average molecular weight is 475 g/mol. The molecular weight excluding hydrogens is 446 g/mol. The number of hydrogen-bond acceptors (Lipinski definition) is 5. The number of fused-ring (bicyclic) bond motifs is 3. The largest absolute Gasteiger partial charge is 0.376 e. The van der Waals surface area contributed by atoms with Crippen LogP contribution < -0.4 is 10.6 Å². The molecule has 182 valence electrons. The van der Waals surface area contributed by atoms with E-state index >= 15 is 0 Å². The summed E-state index contributed by atoms with van der Waals surface area (Å²) in [4.78, 5) is 39.8. The number of alkyl halides is 2. The van der Waals surface area contributed by atoms with Crippen LogP contribution in [0.4, 0.5) is 8.78 Å². The fraction of sp³-hybridized carbons (Fsp3) is 0.583. The Labute approximate surface area is 196 Å². The number of nitrogens with zero attached hydrogens (tertiary/aromatic N) is 2. The molecule has 8 nitrogen and oxygen atoms in total. The van der Waals surface area contributed by atoms with Crippen LogP contribution in [0.25, 0.3) is 0 Å². The zero-order chi connectivity index (χ0) is 24.7. The molecule has 3 saturated heterocycles. The Hall–Kier alpha value is -3.06. The van der Waals surface area contributed by atoms with E-state index < -0.39 is 59.7 Å². The van der Waals surface area contributed by atoms with Crippen LogP contribution in [0.1, 0.15) is 44.6 Å². The molecule has 4 fully saturated rings. The van der Waals surface area contributed by atoms with Gasteiger partial charge in [0, 0.05) is 24.9 Å². The Morgan fingerprint density at radius 3 is 2.62 bits per heavy atom. The standard InChI is InChI=1S/C24H28F2N4O4/c1-23(34,15-5-3-2-4-6-15)22(33)30-17-7-8-18(24(25,26)12-17)19(30)21(32)29-16(13-27)11-14-9-10-28-20(14)31/h2-6,14,16-19,34H,7-12H2,1H3,(H,28,31)(H,29,32)/t14-,16-,17+,18+,19+,23-/m1/s1. The van der Waals surface area contributed by atoms with Gasteiger partial charge in [0.25, 0.3) is 11.8 Å². The van der Waals surface area contributed by atoms with E-state index in [1.807, 2.05) is 6.07 Å². The van der Waals surface area contributed by atoms with Crippen molar-refractivity contribution in [2.45, 2.75) is 68.7 Å². The number of hydrogen-bond donors (Lipinski definition) is 3. The van der Waals surface area contributed by atoms with Gasteiger partial charge in [0.2, 0.25) is 11.8 Å². The van der Waals surface area contributed by atoms with E-state index in [0.29, 0.717) is 19.4 Å². The van der Waals surface area contributed by atoms with Crippen LogP contribution in [0, 0.1) is 23.2 Å². The van der Waals surface area contributed by atoms with E-state index in [2.05, 4.69) is 10.6 Å². The highest BCUT2D eigenvalue weighted by atomic mass is 19.3. The van der Waals surface area contributed by atoms with Gasteiger partial charge in [-0.1, -0.05) is 30.3 Å². The molecule has 1 aromatic carbocycles. The number of halogens is 2. The van der Waals surface area contributed by atoms with E-state index in [4.69, 9.17) is 0 Å². The number of piperidine rings is 2. The molecule has 2 bridgehead atoms. The van der Waals surface area contributed by atoms with Crippen molar-refractivity contribution in [3.63, 3.8) is 0 Å². The van der Waals surface area contributed by atoms with Crippen molar-refractivity contribution in [3.8, 4) is 6.07 Å². The molecule has 4 aliphatic rings. The number of rotatable bonds is 6. The van der Waals surface area contributed by atoms with E-state index in [9.17, 15) is 33.5 Å². The highest BCUT2D eigenvalue weighted by molar-refractivity contribution is 5.93. The van der Waals surface area contributed by atoms with E-state index in [0.717, 1.165) is 4.90 Å². The third-order valence-electron chi connectivity index (χ3n) is 7.35. The number of aliphatic hydroxyl groups is 1. The first-order valence-electron chi connectivity index (χ1n) is 11.5. The summed E-state index contributed by atoms with van der Waals surface area (Å²) in [7, 11) is 0. The number of carbonyl (C=O) groups is 3. The maximum Gasteiger partial charge on any atom is 0.259 e. The quantitative estimate of drug-likeness (QED) is 0.576. The molecule has 3 amide bonds. The fourth-order valence-electron chi connectivity index (χ4n) is 5.49. The zero-order valence-electron chi connectivity index (χ0n) is 18.8. The van der Waals surface area contributed by atoms with Crippen LogP contribution in [0.15, 0.2) is 30.3 Å². The molecule has 34 heavy (non-hydrogen) atoms. The summed E-state index contributed by atoms with van der Waals surface area (Å²) in [6.07, 6.45) is 0.340. The molecule has 0 unspecified atom stereocenters. The Morgan fingerprint density at radius 1 is 1.32 bits per heavy atom. The SMILES string of the molecule is C[C@](O)(C(=O)N1[C@H]2CC[C@@H]([C@H]1C(=O)N[C@@H](C#N)C[C@H]1CCNC1=O)C(F)(F)C2)c1ccccc1. The zero-order valence-corrected chi connectivity index (χ0v) is 18.8. The lowest BCUT2D eigenvalue weighted by Gasteiger charge is -2.54. The van der Waals surface area contributed by atoms with Crippen molar-refractivity contribution < 1.29 is 28.3 Å². The number of nitriles is 1. The first-order valence-corrected chi connectivity index (χ1v) is 11.5.